The largest absolute Gasteiger partial charge is 0.463 e. The first-order valence-electron chi connectivity index (χ1n) is 22.7. The number of ether oxygens (including phenoxy) is 3. The zero-order valence-electron chi connectivity index (χ0n) is 35.4. The number of carbonyl (C=O) groups excluding carboxylic acids is 1. The summed E-state index contributed by atoms with van der Waals surface area (Å²) in [6, 6.07) is 0. The lowest BCUT2D eigenvalue weighted by Crippen LogP contribution is -2.60. The monoisotopic (exact) mass is 757 g/mol. The van der Waals surface area contributed by atoms with Crippen LogP contribution in [0.2, 0.25) is 0 Å². The van der Waals surface area contributed by atoms with Crippen molar-refractivity contribution in [2.75, 3.05) is 6.61 Å². The van der Waals surface area contributed by atoms with Crippen molar-refractivity contribution in [3.8, 4) is 0 Å². The van der Waals surface area contributed by atoms with Crippen LogP contribution in [-0.4, -0.2) is 64.7 Å². The van der Waals surface area contributed by atoms with Crippen molar-refractivity contribution in [1.29, 1.82) is 0 Å². The Hall–Kier alpha value is -1.25. The van der Waals surface area contributed by atoms with Crippen molar-refractivity contribution < 1.29 is 34.3 Å². The van der Waals surface area contributed by atoms with E-state index in [4.69, 9.17) is 14.2 Å². The molecule has 0 radical (unpaired) electrons. The average molecular weight is 757 g/mol. The Labute approximate surface area is 329 Å². The molecule has 5 aliphatic rings. The Bertz CT molecular complexity index is 1230. The molecule has 5 rings (SSSR count). The van der Waals surface area contributed by atoms with Gasteiger partial charge in [-0.3, -0.25) is 4.79 Å². The van der Waals surface area contributed by atoms with E-state index in [2.05, 4.69) is 66.7 Å². The van der Waals surface area contributed by atoms with Crippen LogP contribution in [0.4, 0.5) is 0 Å². The molecule has 4 fully saturated rings. The normalized spacial score (nSPS) is 39.1. The molecule has 54 heavy (non-hydrogen) atoms. The molecule has 14 unspecified atom stereocenters. The highest BCUT2D eigenvalue weighted by Gasteiger charge is 2.59. The number of aliphatic hydroxyl groups excluding tert-OH is 3. The molecule has 0 aromatic rings. The molecule has 1 heterocycles. The molecular weight excluding hydrogens is 677 g/mol. The van der Waals surface area contributed by atoms with E-state index in [1.165, 1.54) is 76.2 Å². The van der Waals surface area contributed by atoms with Crippen LogP contribution in [0.3, 0.4) is 0 Å². The Morgan fingerprint density at radius 1 is 0.852 bits per heavy atom. The first-order valence-corrected chi connectivity index (χ1v) is 22.7. The smallest absolute Gasteiger partial charge is 0.305 e. The topological polar surface area (TPSA) is 105 Å². The van der Waals surface area contributed by atoms with Crippen molar-refractivity contribution >= 4 is 5.97 Å². The summed E-state index contributed by atoms with van der Waals surface area (Å²) in [5.41, 5.74) is 2.05. The summed E-state index contributed by atoms with van der Waals surface area (Å²) in [6.45, 7) is 16.6. The van der Waals surface area contributed by atoms with Gasteiger partial charge in [-0.15, -0.1) is 0 Å². The minimum Gasteiger partial charge on any atom is -0.463 e. The van der Waals surface area contributed by atoms with Crippen LogP contribution >= 0.6 is 0 Å². The summed E-state index contributed by atoms with van der Waals surface area (Å²) < 4.78 is 17.9. The highest BCUT2D eigenvalue weighted by atomic mass is 16.7. The van der Waals surface area contributed by atoms with Gasteiger partial charge in [0.05, 0.1) is 6.10 Å². The highest BCUT2D eigenvalue weighted by Crippen LogP contribution is 2.67. The zero-order chi connectivity index (χ0) is 39.0. The van der Waals surface area contributed by atoms with E-state index < -0.39 is 30.7 Å². The zero-order valence-corrected chi connectivity index (χ0v) is 35.4. The van der Waals surface area contributed by atoms with Gasteiger partial charge in [0, 0.05) is 6.42 Å². The van der Waals surface area contributed by atoms with E-state index in [0.717, 1.165) is 62.7 Å². The van der Waals surface area contributed by atoms with Crippen LogP contribution in [0.15, 0.2) is 23.8 Å². The fourth-order valence-electron chi connectivity index (χ4n) is 11.7. The Morgan fingerprint density at radius 3 is 2.22 bits per heavy atom. The third-order valence-corrected chi connectivity index (χ3v) is 15.7. The number of aliphatic hydroxyl groups is 3. The van der Waals surface area contributed by atoms with Crippen LogP contribution in [0.1, 0.15) is 170 Å². The van der Waals surface area contributed by atoms with Gasteiger partial charge in [-0.25, -0.2) is 0 Å². The predicted octanol–water partition coefficient (Wildman–Crippen LogP) is 10.1. The van der Waals surface area contributed by atoms with E-state index in [9.17, 15) is 20.1 Å². The third-order valence-electron chi connectivity index (χ3n) is 15.7. The SMILES string of the molecule is CCCCCCCCCCCCC(=O)OCC1OC(OC2CCC3(C)C(=CCC4C3CCC3(C)C(C(C)/C=C/C(C)C(C)C)CCC43)C2)C(O)C(O)C1O. The minimum absolute atomic E-state index is 0.145. The maximum Gasteiger partial charge on any atom is 0.305 e. The maximum atomic E-state index is 12.5. The second kappa shape index (κ2) is 19.9. The Balaban J connectivity index is 1.09. The molecule has 1 saturated heterocycles. The molecule has 3 saturated carbocycles. The summed E-state index contributed by atoms with van der Waals surface area (Å²) in [5.74, 6) is 4.56. The maximum absolute atomic E-state index is 12.5. The summed E-state index contributed by atoms with van der Waals surface area (Å²) in [4.78, 5) is 12.5. The molecule has 0 aromatic heterocycles. The number of esters is 1. The lowest BCUT2D eigenvalue weighted by atomic mass is 9.47. The van der Waals surface area contributed by atoms with Gasteiger partial charge in [0.25, 0.3) is 0 Å². The minimum atomic E-state index is -1.44. The van der Waals surface area contributed by atoms with E-state index >= 15 is 0 Å². The van der Waals surface area contributed by atoms with Crippen molar-refractivity contribution in [2.24, 2.45) is 52.3 Å². The summed E-state index contributed by atoms with van der Waals surface area (Å²) in [7, 11) is 0. The van der Waals surface area contributed by atoms with Gasteiger partial charge in [0.15, 0.2) is 6.29 Å². The average Bonchev–Trinajstić information content (AvgIpc) is 3.51. The molecule has 0 amide bonds. The molecule has 0 aromatic carbocycles. The molecule has 14 atom stereocenters. The molecule has 4 aliphatic carbocycles. The van der Waals surface area contributed by atoms with E-state index in [1.807, 2.05) is 0 Å². The first kappa shape index (κ1) is 43.9. The van der Waals surface area contributed by atoms with E-state index in [1.54, 1.807) is 0 Å². The summed E-state index contributed by atoms with van der Waals surface area (Å²) >= 11 is 0. The van der Waals surface area contributed by atoms with Gasteiger partial charge < -0.3 is 29.5 Å². The molecule has 310 valence electrons. The van der Waals surface area contributed by atoms with Crippen molar-refractivity contribution in [2.45, 2.75) is 207 Å². The number of carbonyl (C=O) groups is 1. The number of hydrogen-bond acceptors (Lipinski definition) is 7. The van der Waals surface area contributed by atoms with Gasteiger partial charge in [-0.05, 0) is 110 Å². The lowest BCUT2D eigenvalue weighted by molar-refractivity contribution is -0.313. The van der Waals surface area contributed by atoms with Crippen LogP contribution in [0.5, 0.6) is 0 Å². The molecule has 3 N–H and O–H groups in total. The lowest BCUT2D eigenvalue weighted by Gasteiger charge is -2.58. The van der Waals surface area contributed by atoms with Crippen LogP contribution in [-0.2, 0) is 19.0 Å². The van der Waals surface area contributed by atoms with Crippen molar-refractivity contribution in [3.05, 3.63) is 23.8 Å². The second-order valence-electron chi connectivity index (χ2n) is 19.5. The molecule has 7 heteroatoms. The quantitative estimate of drug-likeness (QED) is 0.0685. The fourth-order valence-corrected chi connectivity index (χ4v) is 11.7. The van der Waals surface area contributed by atoms with Crippen LogP contribution < -0.4 is 0 Å². The van der Waals surface area contributed by atoms with Crippen LogP contribution in [0, 0.1) is 52.3 Å². The first-order chi connectivity index (χ1) is 25.8. The Morgan fingerprint density at radius 2 is 1.54 bits per heavy atom. The van der Waals surface area contributed by atoms with E-state index in [-0.39, 0.29) is 24.1 Å². The van der Waals surface area contributed by atoms with Crippen molar-refractivity contribution in [1.82, 2.24) is 0 Å². The summed E-state index contributed by atoms with van der Waals surface area (Å²) in [5, 5.41) is 32.4. The number of unbranched alkanes of at least 4 members (excludes halogenated alkanes) is 9. The summed E-state index contributed by atoms with van der Waals surface area (Å²) in [6.07, 6.45) is 22.6. The Kier molecular flexibility index (Phi) is 16.2. The molecule has 7 nitrogen and oxygen atoms in total. The van der Waals surface area contributed by atoms with Gasteiger partial charge in [-0.2, -0.15) is 0 Å². The molecule has 0 bridgehead atoms. The van der Waals surface area contributed by atoms with Gasteiger partial charge in [-0.1, -0.05) is 130 Å². The second-order valence-corrected chi connectivity index (χ2v) is 19.5. The van der Waals surface area contributed by atoms with Gasteiger partial charge >= 0.3 is 5.97 Å². The number of allylic oxidation sites excluding steroid dienone is 3. The third kappa shape index (κ3) is 10.2. The molecular formula is C47H80O7. The van der Waals surface area contributed by atoms with Gasteiger partial charge in [0.2, 0.25) is 0 Å². The molecule has 0 spiro atoms. The highest BCUT2D eigenvalue weighted by molar-refractivity contribution is 5.69. The standard InChI is InChI=1S/C47H80O7/c1-8-9-10-11-12-13-14-15-16-17-18-41(48)52-30-40-42(49)43(50)44(51)45(54-40)53-35-25-27-46(6)34(29-35)21-22-36-38-24-23-37(47(38,7)28-26-39(36)46)33(5)20-19-32(4)31(2)3/h19-21,31-33,35-40,42-45,49-51H,8-18,22-30H2,1-7H3/b20-19+. The number of hydrogen-bond donors (Lipinski definition) is 3. The number of rotatable bonds is 19. The number of fused-ring (bicyclic) bond motifs is 5. The van der Waals surface area contributed by atoms with E-state index in [0.29, 0.717) is 35.5 Å². The molecule has 1 aliphatic heterocycles. The van der Waals surface area contributed by atoms with Gasteiger partial charge in [0.1, 0.15) is 31.0 Å². The van der Waals surface area contributed by atoms with Crippen LogP contribution in [0.25, 0.3) is 0 Å². The predicted molar refractivity (Wildman–Crippen MR) is 216 cm³/mol. The fraction of sp³-hybridized carbons (Fsp3) is 0.894. The van der Waals surface area contributed by atoms with Crippen molar-refractivity contribution in [3.63, 3.8) is 0 Å².